The number of ether oxygens (including phenoxy) is 1. The van der Waals surface area contributed by atoms with Gasteiger partial charge in [0, 0.05) is 36.9 Å². The van der Waals surface area contributed by atoms with E-state index in [-0.39, 0.29) is 27.4 Å². The smallest absolute Gasteiger partial charge is 0.245 e. The fourth-order valence-electron chi connectivity index (χ4n) is 3.32. The molecule has 0 bridgehead atoms. The summed E-state index contributed by atoms with van der Waals surface area (Å²) in [4.78, 5) is 16.3. The van der Waals surface area contributed by atoms with Gasteiger partial charge in [0.15, 0.2) is 0 Å². The van der Waals surface area contributed by atoms with E-state index < -0.39 is 16.1 Å². The van der Waals surface area contributed by atoms with Gasteiger partial charge in [-0.3, -0.25) is 4.79 Å². The molecule has 1 aliphatic rings. The normalized spacial score (nSPS) is 15.7. The molecule has 1 saturated heterocycles. The van der Waals surface area contributed by atoms with E-state index in [1.54, 1.807) is 17.0 Å². The van der Waals surface area contributed by atoms with Crippen molar-refractivity contribution in [3.05, 3.63) is 53.3 Å². The van der Waals surface area contributed by atoms with E-state index in [0.717, 1.165) is 5.69 Å². The zero-order chi connectivity index (χ0) is 21.9. The van der Waals surface area contributed by atoms with Gasteiger partial charge in [-0.05, 0) is 49.4 Å². The highest BCUT2D eigenvalue weighted by Crippen LogP contribution is 2.27. The molecular formula is C20H23ClFN3O4S. The lowest BCUT2D eigenvalue weighted by molar-refractivity contribution is -0.132. The van der Waals surface area contributed by atoms with Crippen LogP contribution in [0.4, 0.5) is 10.1 Å². The Balaban J connectivity index is 1.64. The standard InChI is InChI=1S/C20H23ClFN3O4S/c1-14(23-30(27,28)19-13-15(21)3-8-18(19)29-2)20(26)25-11-9-24(10-12-25)17-6-4-16(22)5-7-17/h3-8,13-14,23H,9-12H2,1-2H3/t14-/m1/s1. The predicted octanol–water partition coefficient (Wildman–Crippen LogP) is 2.50. The third-order valence-corrected chi connectivity index (χ3v) is 6.70. The lowest BCUT2D eigenvalue weighted by Gasteiger charge is -2.37. The van der Waals surface area contributed by atoms with Gasteiger partial charge < -0.3 is 14.5 Å². The molecule has 0 saturated carbocycles. The summed E-state index contributed by atoms with van der Waals surface area (Å²) in [5.74, 6) is -0.484. The summed E-state index contributed by atoms with van der Waals surface area (Å²) in [6.45, 7) is 3.51. The molecular weight excluding hydrogens is 433 g/mol. The highest BCUT2D eigenvalue weighted by atomic mass is 35.5. The zero-order valence-electron chi connectivity index (χ0n) is 16.6. The molecule has 1 heterocycles. The number of amides is 1. The van der Waals surface area contributed by atoms with Crippen molar-refractivity contribution in [2.75, 3.05) is 38.2 Å². The number of sulfonamides is 1. The highest BCUT2D eigenvalue weighted by Gasteiger charge is 2.29. The van der Waals surface area contributed by atoms with Crippen molar-refractivity contribution in [2.45, 2.75) is 17.9 Å². The van der Waals surface area contributed by atoms with Crippen molar-refractivity contribution < 1.29 is 22.3 Å². The molecule has 1 N–H and O–H groups in total. The minimum atomic E-state index is -4.02. The molecule has 7 nitrogen and oxygen atoms in total. The number of rotatable bonds is 6. The Bertz CT molecular complexity index is 1010. The lowest BCUT2D eigenvalue weighted by Crippen LogP contribution is -2.54. The molecule has 1 atom stereocenters. The molecule has 0 spiro atoms. The maximum absolute atomic E-state index is 13.1. The van der Waals surface area contributed by atoms with Crippen LogP contribution in [0.2, 0.25) is 5.02 Å². The van der Waals surface area contributed by atoms with Gasteiger partial charge >= 0.3 is 0 Å². The van der Waals surface area contributed by atoms with Crippen LogP contribution in [0.3, 0.4) is 0 Å². The number of nitrogens with one attached hydrogen (secondary N) is 1. The predicted molar refractivity (Wildman–Crippen MR) is 113 cm³/mol. The number of hydrogen-bond acceptors (Lipinski definition) is 5. The summed E-state index contributed by atoms with van der Waals surface area (Å²) in [5, 5.41) is 0.243. The summed E-state index contributed by atoms with van der Waals surface area (Å²) in [6.07, 6.45) is 0. The zero-order valence-corrected chi connectivity index (χ0v) is 18.2. The second-order valence-electron chi connectivity index (χ2n) is 6.93. The van der Waals surface area contributed by atoms with E-state index in [2.05, 4.69) is 9.62 Å². The molecule has 1 amide bonds. The number of carbonyl (C=O) groups is 1. The minimum Gasteiger partial charge on any atom is -0.495 e. The van der Waals surface area contributed by atoms with Gasteiger partial charge in [-0.15, -0.1) is 0 Å². The van der Waals surface area contributed by atoms with E-state index in [1.165, 1.54) is 44.4 Å². The minimum absolute atomic E-state index is 0.127. The quantitative estimate of drug-likeness (QED) is 0.724. The molecule has 162 valence electrons. The first-order valence-corrected chi connectivity index (χ1v) is 11.2. The van der Waals surface area contributed by atoms with Crippen LogP contribution >= 0.6 is 11.6 Å². The van der Waals surface area contributed by atoms with Crippen LogP contribution in [-0.4, -0.2) is 58.6 Å². The number of benzene rings is 2. The Labute approximate surface area is 180 Å². The van der Waals surface area contributed by atoms with Crippen molar-refractivity contribution in [3.8, 4) is 5.75 Å². The van der Waals surface area contributed by atoms with Crippen LogP contribution in [0, 0.1) is 5.82 Å². The second-order valence-corrected chi connectivity index (χ2v) is 9.05. The third-order valence-electron chi connectivity index (χ3n) is 4.90. The van der Waals surface area contributed by atoms with Gasteiger partial charge in [-0.25, -0.2) is 12.8 Å². The van der Waals surface area contributed by atoms with Gasteiger partial charge in [-0.2, -0.15) is 4.72 Å². The van der Waals surface area contributed by atoms with Gasteiger partial charge in [0.05, 0.1) is 13.2 Å². The average molecular weight is 456 g/mol. The van der Waals surface area contributed by atoms with Crippen molar-refractivity contribution in [1.82, 2.24) is 9.62 Å². The number of carbonyl (C=O) groups excluding carboxylic acids is 1. The first-order chi connectivity index (χ1) is 14.2. The maximum atomic E-state index is 13.1. The van der Waals surface area contributed by atoms with E-state index >= 15 is 0 Å². The van der Waals surface area contributed by atoms with Gasteiger partial charge in [0.1, 0.15) is 16.5 Å². The Morgan fingerprint density at radius 2 is 1.77 bits per heavy atom. The van der Waals surface area contributed by atoms with E-state index in [4.69, 9.17) is 16.3 Å². The van der Waals surface area contributed by atoms with Gasteiger partial charge in [-0.1, -0.05) is 11.6 Å². The van der Waals surface area contributed by atoms with Crippen molar-refractivity contribution in [1.29, 1.82) is 0 Å². The maximum Gasteiger partial charge on any atom is 0.245 e. The lowest BCUT2D eigenvalue weighted by atomic mass is 10.2. The molecule has 0 radical (unpaired) electrons. The molecule has 3 rings (SSSR count). The molecule has 2 aromatic carbocycles. The average Bonchev–Trinajstić information content (AvgIpc) is 2.73. The number of anilines is 1. The molecule has 30 heavy (non-hydrogen) atoms. The van der Waals surface area contributed by atoms with Gasteiger partial charge in [0.2, 0.25) is 15.9 Å². The van der Waals surface area contributed by atoms with E-state index in [0.29, 0.717) is 26.2 Å². The SMILES string of the molecule is COc1ccc(Cl)cc1S(=O)(=O)N[C@H](C)C(=O)N1CCN(c2ccc(F)cc2)CC1. The van der Waals surface area contributed by atoms with Crippen molar-refractivity contribution in [2.24, 2.45) is 0 Å². The van der Waals surface area contributed by atoms with Crippen LogP contribution < -0.4 is 14.4 Å². The molecule has 0 unspecified atom stereocenters. The first kappa shape index (κ1) is 22.3. The van der Waals surface area contributed by atoms with Crippen LogP contribution in [-0.2, 0) is 14.8 Å². The molecule has 10 heteroatoms. The summed E-state index contributed by atoms with van der Waals surface area (Å²) in [6, 6.07) is 9.48. The summed E-state index contributed by atoms with van der Waals surface area (Å²) in [7, 11) is -2.66. The van der Waals surface area contributed by atoms with Crippen LogP contribution in [0.1, 0.15) is 6.92 Å². The molecule has 0 aliphatic carbocycles. The second kappa shape index (κ2) is 9.20. The topological polar surface area (TPSA) is 78.9 Å². The molecule has 0 aromatic heterocycles. The summed E-state index contributed by atoms with van der Waals surface area (Å²) < 4.78 is 46.1. The molecule has 2 aromatic rings. The number of nitrogens with zero attached hydrogens (tertiary/aromatic N) is 2. The highest BCUT2D eigenvalue weighted by molar-refractivity contribution is 7.89. The Kier molecular flexibility index (Phi) is 6.84. The largest absolute Gasteiger partial charge is 0.495 e. The van der Waals surface area contributed by atoms with Crippen LogP contribution in [0.15, 0.2) is 47.4 Å². The monoisotopic (exact) mass is 455 g/mol. The number of methoxy groups -OCH3 is 1. The van der Waals surface area contributed by atoms with Crippen molar-refractivity contribution >= 4 is 33.2 Å². The Morgan fingerprint density at radius 1 is 1.13 bits per heavy atom. The summed E-state index contributed by atoms with van der Waals surface area (Å²) >= 11 is 5.93. The fraction of sp³-hybridized carbons (Fsp3) is 0.350. The number of hydrogen-bond donors (Lipinski definition) is 1. The first-order valence-electron chi connectivity index (χ1n) is 9.36. The van der Waals surface area contributed by atoms with E-state index in [9.17, 15) is 17.6 Å². The number of halogens is 2. The van der Waals surface area contributed by atoms with Crippen molar-refractivity contribution in [3.63, 3.8) is 0 Å². The van der Waals surface area contributed by atoms with Gasteiger partial charge in [0.25, 0.3) is 0 Å². The Hall–Kier alpha value is -2.36. The summed E-state index contributed by atoms with van der Waals surface area (Å²) in [5.41, 5.74) is 0.880. The van der Waals surface area contributed by atoms with E-state index in [1.807, 2.05) is 0 Å². The van der Waals surface area contributed by atoms with Crippen LogP contribution in [0.25, 0.3) is 0 Å². The number of piperazine rings is 1. The fourth-order valence-corrected chi connectivity index (χ4v) is 4.95. The Morgan fingerprint density at radius 3 is 2.37 bits per heavy atom. The van der Waals surface area contributed by atoms with Crippen LogP contribution in [0.5, 0.6) is 5.75 Å². The third kappa shape index (κ3) is 5.03. The molecule has 1 fully saturated rings. The molecule has 1 aliphatic heterocycles.